The Morgan fingerprint density at radius 1 is 1.18 bits per heavy atom. The van der Waals surface area contributed by atoms with Crippen molar-refractivity contribution in [1.29, 1.82) is 0 Å². The largest absolute Gasteiger partial charge is 0.0825 e. The summed E-state index contributed by atoms with van der Waals surface area (Å²) in [7, 11) is 0. The maximum absolute atomic E-state index is 2.45. The quantitative estimate of drug-likeness (QED) is 0.521. The van der Waals surface area contributed by atoms with Crippen LogP contribution < -0.4 is 0 Å². The summed E-state index contributed by atoms with van der Waals surface area (Å²) in [5.41, 5.74) is 1.62. The van der Waals surface area contributed by atoms with Gasteiger partial charge in [0.2, 0.25) is 0 Å². The van der Waals surface area contributed by atoms with E-state index in [4.69, 9.17) is 0 Å². The summed E-state index contributed by atoms with van der Waals surface area (Å²) in [6.45, 7) is 9.05. The molecule has 0 aliphatic heterocycles. The van der Waals surface area contributed by atoms with Gasteiger partial charge in [0.05, 0.1) is 0 Å². The molecule has 0 bridgehead atoms. The Bertz CT molecular complexity index is 105. The van der Waals surface area contributed by atoms with Crippen LogP contribution in [0.1, 0.15) is 53.4 Å². The summed E-state index contributed by atoms with van der Waals surface area (Å²) in [6.07, 6.45) is 7.54. The van der Waals surface area contributed by atoms with Crippen LogP contribution in [0.25, 0.3) is 0 Å². The average molecular weight is 154 g/mol. The molecule has 0 spiro atoms. The lowest BCUT2D eigenvalue weighted by atomic mass is 10.0. The van der Waals surface area contributed by atoms with Crippen LogP contribution in [0.3, 0.4) is 0 Å². The summed E-state index contributed by atoms with van der Waals surface area (Å²) in [5, 5.41) is 0. The average Bonchev–Trinajstić information content (AvgIpc) is 2.01. The number of hydrogen-bond acceptors (Lipinski definition) is 0. The standard InChI is InChI=1S/C11H22/c1-5-8-10(4)9-11(6-2)7-3/h9-10H,5-8H2,1-4H3. The van der Waals surface area contributed by atoms with Crippen LogP contribution >= 0.6 is 0 Å². The van der Waals surface area contributed by atoms with E-state index in [1.165, 1.54) is 25.7 Å². The van der Waals surface area contributed by atoms with E-state index in [-0.39, 0.29) is 0 Å². The fraction of sp³-hybridized carbons (Fsp3) is 0.818. The van der Waals surface area contributed by atoms with E-state index in [0.717, 1.165) is 5.92 Å². The predicted molar refractivity (Wildman–Crippen MR) is 52.7 cm³/mol. The van der Waals surface area contributed by atoms with Crippen molar-refractivity contribution in [2.24, 2.45) is 5.92 Å². The van der Waals surface area contributed by atoms with Crippen molar-refractivity contribution >= 4 is 0 Å². The molecule has 0 saturated heterocycles. The van der Waals surface area contributed by atoms with Crippen LogP contribution in [0.2, 0.25) is 0 Å². The van der Waals surface area contributed by atoms with Gasteiger partial charge in [0.15, 0.2) is 0 Å². The minimum absolute atomic E-state index is 0.787. The van der Waals surface area contributed by atoms with Crippen molar-refractivity contribution in [3.63, 3.8) is 0 Å². The first-order valence-corrected chi connectivity index (χ1v) is 4.94. The number of hydrogen-bond donors (Lipinski definition) is 0. The van der Waals surface area contributed by atoms with Gasteiger partial charge in [-0.15, -0.1) is 0 Å². The normalized spacial score (nSPS) is 12.7. The molecule has 0 heterocycles. The highest BCUT2D eigenvalue weighted by molar-refractivity contribution is 5.02. The lowest BCUT2D eigenvalue weighted by Gasteiger charge is -2.06. The maximum atomic E-state index is 2.45. The molecule has 0 N–H and O–H groups in total. The molecule has 0 aromatic heterocycles. The third kappa shape index (κ3) is 5.06. The smallest absolute Gasteiger partial charge is 0.0259 e. The molecule has 0 amide bonds. The second-order valence-corrected chi connectivity index (χ2v) is 3.30. The van der Waals surface area contributed by atoms with E-state index < -0.39 is 0 Å². The Morgan fingerprint density at radius 3 is 2.09 bits per heavy atom. The zero-order valence-electron chi connectivity index (χ0n) is 8.48. The summed E-state index contributed by atoms with van der Waals surface area (Å²) >= 11 is 0. The van der Waals surface area contributed by atoms with E-state index in [9.17, 15) is 0 Å². The van der Waals surface area contributed by atoms with Gasteiger partial charge >= 0.3 is 0 Å². The van der Waals surface area contributed by atoms with Crippen molar-refractivity contribution < 1.29 is 0 Å². The minimum Gasteiger partial charge on any atom is -0.0825 e. The van der Waals surface area contributed by atoms with E-state index in [2.05, 4.69) is 33.8 Å². The Hall–Kier alpha value is -0.260. The van der Waals surface area contributed by atoms with Crippen LogP contribution in [-0.4, -0.2) is 0 Å². The fourth-order valence-electron chi connectivity index (χ4n) is 1.43. The maximum Gasteiger partial charge on any atom is -0.0259 e. The zero-order chi connectivity index (χ0) is 8.69. The lowest BCUT2D eigenvalue weighted by Crippen LogP contribution is -1.90. The molecule has 0 aliphatic carbocycles. The number of allylic oxidation sites excluding steroid dienone is 2. The van der Waals surface area contributed by atoms with Crippen molar-refractivity contribution in [2.45, 2.75) is 53.4 Å². The Labute approximate surface area is 71.7 Å². The van der Waals surface area contributed by atoms with Crippen LogP contribution in [0.4, 0.5) is 0 Å². The van der Waals surface area contributed by atoms with E-state index in [1.54, 1.807) is 5.57 Å². The molecule has 0 fully saturated rings. The Morgan fingerprint density at radius 2 is 1.73 bits per heavy atom. The summed E-state index contributed by atoms with van der Waals surface area (Å²) in [4.78, 5) is 0. The van der Waals surface area contributed by atoms with Crippen molar-refractivity contribution in [3.05, 3.63) is 11.6 Å². The molecule has 1 atom stereocenters. The third-order valence-electron chi connectivity index (χ3n) is 2.17. The highest BCUT2D eigenvalue weighted by atomic mass is 14.0. The lowest BCUT2D eigenvalue weighted by molar-refractivity contribution is 0.626. The van der Waals surface area contributed by atoms with Crippen molar-refractivity contribution in [3.8, 4) is 0 Å². The summed E-state index contributed by atoms with van der Waals surface area (Å²) in [6, 6.07) is 0. The van der Waals surface area contributed by atoms with Gasteiger partial charge in [-0.25, -0.2) is 0 Å². The molecule has 0 radical (unpaired) electrons. The van der Waals surface area contributed by atoms with E-state index in [1.807, 2.05) is 0 Å². The molecule has 0 aliphatic rings. The van der Waals surface area contributed by atoms with Gasteiger partial charge in [-0.1, -0.05) is 45.8 Å². The Balaban J connectivity index is 3.81. The molecule has 66 valence electrons. The minimum atomic E-state index is 0.787. The monoisotopic (exact) mass is 154 g/mol. The second-order valence-electron chi connectivity index (χ2n) is 3.30. The highest BCUT2D eigenvalue weighted by Gasteiger charge is 1.97. The predicted octanol–water partition coefficient (Wildman–Crippen LogP) is 4.17. The second kappa shape index (κ2) is 6.45. The van der Waals surface area contributed by atoms with Gasteiger partial charge in [0, 0.05) is 0 Å². The molecular weight excluding hydrogens is 132 g/mol. The summed E-state index contributed by atoms with van der Waals surface area (Å²) in [5.74, 6) is 0.787. The molecule has 0 aromatic rings. The van der Waals surface area contributed by atoms with Crippen LogP contribution in [-0.2, 0) is 0 Å². The van der Waals surface area contributed by atoms with Gasteiger partial charge in [-0.3, -0.25) is 0 Å². The van der Waals surface area contributed by atoms with E-state index in [0.29, 0.717) is 0 Å². The molecule has 0 aromatic carbocycles. The SMILES string of the molecule is CCCC(C)C=C(CC)CC. The first kappa shape index (κ1) is 10.7. The Kier molecular flexibility index (Phi) is 6.30. The molecular formula is C11H22. The first-order chi connectivity index (χ1) is 5.24. The van der Waals surface area contributed by atoms with Gasteiger partial charge < -0.3 is 0 Å². The highest BCUT2D eigenvalue weighted by Crippen LogP contribution is 2.13. The van der Waals surface area contributed by atoms with Crippen LogP contribution in [0.5, 0.6) is 0 Å². The van der Waals surface area contributed by atoms with Crippen LogP contribution in [0, 0.1) is 5.92 Å². The fourth-order valence-corrected chi connectivity index (χ4v) is 1.43. The van der Waals surface area contributed by atoms with Crippen LogP contribution in [0.15, 0.2) is 11.6 Å². The molecule has 0 heteroatoms. The van der Waals surface area contributed by atoms with Gasteiger partial charge in [-0.2, -0.15) is 0 Å². The van der Waals surface area contributed by atoms with Gasteiger partial charge in [-0.05, 0) is 25.2 Å². The first-order valence-electron chi connectivity index (χ1n) is 4.94. The number of rotatable bonds is 5. The van der Waals surface area contributed by atoms with Crippen molar-refractivity contribution in [1.82, 2.24) is 0 Å². The molecule has 0 saturated carbocycles. The third-order valence-corrected chi connectivity index (χ3v) is 2.17. The molecule has 1 unspecified atom stereocenters. The van der Waals surface area contributed by atoms with Gasteiger partial charge in [0.25, 0.3) is 0 Å². The van der Waals surface area contributed by atoms with Crippen molar-refractivity contribution in [2.75, 3.05) is 0 Å². The molecule has 0 nitrogen and oxygen atoms in total. The topological polar surface area (TPSA) is 0 Å². The molecule has 0 rings (SSSR count). The zero-order valence-corrected chi connectivity index (χ0v) is 8.48. The van der Waals surface area contributed by atoms with Gasteiger partial charge in [0.1, 0.15) is 0 Å². The van der Waals surface area contributed by atoms with E-state index >= 15 is 0 Å². The molecule has 11 heavy (non-hydrogen) atoms. The summed E-state index contributed by atoms with van der Waals surface area (Å²) < 4.78 is 0.